The minimum absolute atomic E-state index is 0.289. The molecule has 0 amide bonds. The van der Waals surface area contributed by atoms with Crippen molar-refractivity contribution in [3.8, 4) is 0 Å². The zero-order valence-electron chi connectivity index (χ0n) is 15.4. The number of hydrogen-bond donors (Lipinski definition) is 1. The maximum absolute atomic E-state index is 11.8. The number of fused-ring (bicyclic) bond motifs is 1. The van der Waals surface area contributed by atoms with Crippen molar-refractivity contribution in [2.75, 3.05) is 14.2 Å². The van der Waals surface area contributed by atoms with Gasteiger partial charge in [-0.25, -0.2) is 4.98 Å². The summed E-state index contributed by atoms with van der Waals surface area (Å²) in [6, 6.07) is 7.85. The molecule has 0 aliphatic heterocycles. The number of aliphatic hydroxyl groups excluding tert-OH is 1. The summed E-state index contributed by atoms with van der Waals surface area (Å²) in [5.74, 6) is -0.289. The predicted octanol–water partition coefficient (Wildman–Crippen LogP) is 3.65. The predicted molar refractivity (Wildman–Crippen MR) is 97.9 cm³/mol. The van der Waals surface area contributed by atoms with E-state index in [-0.39, 0.29) is 5.97 Å². The van der Waals surface area contributed by atoms with Crippen molar-refractivity contribution in [2.24, 2.45) is 5.41 Å². The molecular formula is C20H25NO4. The van der Waals surface area contributed by atoms with Crippen molar-refractivity contribution < 1.29 is 19.4 Å². The fourth-order valence-corrected chi connectivity index (χ4v) is 2.61. The molecule has 5 nitrogen and oxygen atoms in total. The van der Waals surface area contributed by atoms with Crippen LogP contribution in [-0.2, 0) is 20.9 Å². The third-order valence-electron chi connectivity index (χ3n) is 4.05. The maximum atomic E-state index is 11.8. The molecule has 0 saturated heterocycles. The van der Waals surface area contributed by atoms with Crippen molar-refractivity contribution in [1.82, 2.24) is 4.98 Å². The Kier molecular flexibility index (Phi) is 5.93. The number of hydrogen-bond acceptors (Lipinski definition) is 5. The van der Waals surface area contributed by atoms with Gasteiger partial charge in [0.2, 0.25) is 0 Å². The second-order valence-electron chi connectivity index (χ2n) is 6.64. The summed E-state index contributed by atoms with van der Waals surface area (Å²) in [5, 5.41) is 10.9. The van der Waals surface area contributed by atoms with Crippen LogP contribution in [0.4, 0.5) is 0 Å². The third-order valence-corrected chi connectivity index (χ3v) is 4.05. The first-order chi connectivity index (χ1) is 11.8. The molecule has 0 aliphatic carbocycles. The van der Waals surface area contributed by atoms with Gasteiger partial charge in [-0.05, 0) is 38.5 Å². The summed E-state index contributed by atoms with van der Waals surface area (Å²) >= 11 is 0. The topological polar surface area (TPSA) is 68.7 Å². The van der Waals surface area contributed by atoms with Crippen LogP contribution in [0.1, 0.15) is 43.7 Å². The smallest absolute Gasteiger partial charge is 0.315 e. The third kappa shape index (κ3) is 4.44. The normalized spacial score (nSPS) is 13.4. The van der Waals surface area contributed by atoms with E-state index in [2.05, 4.69) is 4.98 Å². The van der Waals surface area contributed by atoms with E-state index in [1.54, 1.807) is 27.9 Å². The fraction of sp³-hybridized carbons (Fsp3) is 0.400. The van der Waals surface area contributed by atoms with Crippen LogP contribution in [0, 0.1) is 5.41 Å². The molecule has 1 heterocycles. The standard InChI is InChI=1S/C20H25NO4/c1-13(22)18-16(12-24-4)11-15-7-6-14(10-17(15)21-18)8-9-20(2,3)19(23)25-5/h6-11,13,22H,12H2,1-5H3. The molecule has 2 aromatic rings. The molecule has 0 saturated carbocycles. The summed E-state index contributed by atoms with van der Waals surface area (Å²) in [6.45, 7) is 5.70. The molecule has 0 spiro atoms. The number of nitrogens with zero attached hydrogens (tertiary/aromatic N) is 1. The Bertz CT molecular complexity index is 794. The molecule has 0 aliphatic rings. The quantitative estimate of drug-likeness (QED) is 0.811. The molecule has 1 aromatic heterocycles. The Morgan fingerprint density at radius 1 is 1.32 bits per heavy atom. The zero-order valence-corrected chi connectivity index (χ0v) is 15.4. The molecule has 1 aromatic carbocycles. The summed E-state index contributed by atoms with van der Waals surface area (Å²) in [4.78, 5) is 16.4. The summed E-state index contributed by atoms with van der Waals surface area (Å²) in [7, 11) is 3.00. The van der Waals surface area contributed by atoms with Crippen LogP contribution in [0.3, 0.4) is 0 Å². The average molecular weight is 343 g/mol. The first-order valence-electron chi connectivity index (χ1n) is 8.16. The molecule has 0 bridgehead atoms. The van der Waals surface area contributed by atoms with E-state index in [0.29, 0.717) is 12.3 Å². The van der Waals surface area contributed by atoms with Crippen LogP contribution < -0.4 is 0 Å². The van der Waals surface area contributed by atoms with Crippen LogP contribution in [0.15, 0.2) is 30.3 Å². The number of pyridine rings is 1. The van der Waals surface area contributed by atoms with E-state index in [4.69, 9.17) is 9.47 Å². The van der Waals surface area contributed by atoms with Gasteiger partial charge in [-0.2, -0.15) is 0 Å². The molecule has 2 rings (SSSR count). The number of esters is 1. The Morgan fingerprint density at radius 3 is 2.64 bits per heavy atom. The van der Waals surface area contributed by atoms with E-state index in [0.717, 1.165) is 22.0 Å². The van der Waals surface area contributed by atoms with Gasteiger partial charge in [0.1, 0.15) is 0 Å². The SMILES string of the molecule is COCc1cc2ccc(C=CC(C)(C)C(=O)OC)cc2nc1C(C)O. The van der Waals surface area contributed by atoms with Gasteiger partial charge in [0, 0.05) is 18.1 Å². The first-order valence-corrected chi connectivity index (χ1v) is 8.16. The lowest BCUT2D eigenvalue weighted by Crippen LogP contribution is -2.22. The summed E-state index contributed by atoms with van der Waals surface area (Å²) in [5.41, 5.74) is 2.50. The van der Waals surface area contributed by atoms with E-state index in [1.807, 2.05) is 36.4 Å². The highest BCUT2D eigenvalue weighted by molar-refractivity contribution is 5.83. The first kappa shape index (κ1) is 19.1. The maximum Gasteiger partial charge on any atom is 0.315 e. The van der Waals surface area contributed by atoms with Crippen LogP contribution in [-0.4, -0.2) is 30.3 Å². The van der Waals surface area contributed by atoms with Gasteiger partial charge in [0.25, 0.3) is 0 Å². The molecule has 25 heavy (non-hydrogen) atoms. The van der Waals surface area contributed by atoms with E-state index >= 15 is 0 Å². The molecular weight excluding hydrogens is 318 g/mol. The lowest BCUT2D eigenvalue weighted by molar-refractivity contribution is -0.148. The van der Waals surface area contributed by atoms with E-state index in [9.17, 15) is 9.90 Å². The molecule has 0 fully saturated rings. The Hall–Kier alpha value is -2.24. The minimum Gasteiger partial charge on any atom is -0.468 e. The van der Waals surface area contributed by atoms with Gasteiger partial charge < -0.3 is 14.6 Å². The van der Waals surface area contributed by atoms with Gasteiger partial charge in [0.15, 0.2) is 0 Å². The van der Waals surface area contributed by atoms with Crippen molar-refractivity contribution in [1.29, 1.82) is 0 Å². The Morgan fingerprint density at radius 2 is 2.04 bits per heavy atom. The number of aromatic nitrogens is 1. The summed E-state index contributed by atoms with van der Waals surface area (Å²) < 4.78 is 10.0. The highest BCUT2D eigenvalue weighted by atomic mass is 16.5. The lowest BCUT2D eigenvalue weighted by Gasteiger charge is -2.16. The van der Waals surface area contributed by atoms with Crippen molar-refractivity contribution in [3.05, 3.63) is 47.2 Å². The van der Waals surface area contributed by atoms with Crippen LogP contribution >= 0.6 is 0 Å². The number of ether oxygens (including phenoxy) is 2. The molecule has 1 unspecified atom stereocenters. The summed E-state index contributed by atoms with van der Waals surface area (Å²) in [6.07, 6.45) is 3.02. The second-order valence-corrected chi connectivity index (χ2v) is 6.64. The lowest BCUT2D eigenvalue weighted by atomic mass is 9.92. The van der Waals surface area contributed by atoms with Crippen LogP contribution in [0.25, 0.3) is 17.0 Å². The Labute approximate surface area is 148 Å². The van der Waals surface area contributed by atoms with Gasteiger partial charge in [0.05, 0.1) is 36.4 Å². The van der Waals surface area contributed by atoms with Crippen molar-refractivity contribution in [3.63, 3.8) is 0 Å². The van der Waals surface area contributed by atoms with Crippen LogP contribution in [0.5, 0.6) is 0 Å². The van der Waals surface area contributed by atoms with Gasteiger partial charge >= 0.3 is 5.97 Å². The highest BCUT2D eigenvalue weighted by Gasteiger charge is 2.25. The number of carbonyl (C=O) groups is 1. The van der Waals surface area contributed by atoms with Crippen LogP contribution in [0.2, 0.25) is 0 Å². The zero-order chi connectivity index (χ0) is 18.6. The fourth-order valence-electron chi connectivity index (χ4n) is 2.61. The van der Waals surface area contributed by atoms with Gasteiger partial charge in [-0.3, -0.25) is 4.79 Å². The van der Waals surface area contributed by atoms with Crippen molar-refractivity contribution in [2.45, 2.75) is 33.5 Å². The minimum atomic E-state index is -0.704. The van der Waals surface area contributed by atoms with Gasteiger partial charge in [-0.1, -0.05) is 24.3 Å². The number of aliphatic hydroxyl groups is 1. The van der Waals surface area contributed by atoms with E-state index in [1.165, 1.54) is 7.11 Å². The van der Waals surface area contributed by atoms with E-state index < -0.39 is 11.5 Å². The van der Waals surface area contributed by atoms with Gasteiger partial charge in [-0.15, -0.1) is 0 Å². The number of methoxy groups -OCH3 is 2. The number of rotatable bonds is 6. The van der Waals surface area contributed by atoms with Crippen molar-refractivity contribution >= 4 is 22.9 Å². The average Bonchev–Trinajstić information content (AvgIpc) is 2.58. The largest absolute Gasteiger partial charge is 0.468 e. The monoisotopic (exact) mass is 343 g/mol. The second kappa shape index (κ2) is 7.76. The Balaban J connectivity index is 2.42. The molecule has 5 heteroatoms. The number of carbonyl (C=O) groups excluding carboxylic acids is 1. The molecule has 0 radical (unpaired) electrons. The molecule has 134 valence electrons. The molecule has 1 atom stereocenters. The number of benzene rings is 1. The molecule has 1 N–H and O–H groups in total. The highest BCUT2D eigenvalue weighted by Crippen LogP contribution is 2.25.